The van der Waals surface area contributed by atoms with Crippen LogP contribution in [0.2, 0.25) is 0 Å². The largest absolute Gasteiger partial charge is 0.496 e. The van der Waals surface area contributed by atoms with Crippen LogP contribution in [-0.2, 0) is 33.3 Å². The highest BCUT2D eigenvalue weighted by atomic mass is 16.6. The van der Waals surface area contributed by atoms with E-state index in [0.29, 0.717) is 64.4 Å². The molecule has 1 rings (SSSR count). The monoisotopic (exact) mass is 643 g/mol. The van der Waals surface area contributed by atoms with Gasteiger partial charge in [0.2, 0.25) is 5.91 Å². The molecule has 1 fully saturated rings. The third-order valence-electron chi connectivity index (χ3n) is 6.67. The number of nitrogens with zero attached hydrogens (tertiary/aromatic N) is 2. The number of ether oxygens (including phenoxy) is 4. The summed E-state index contributed by atoms with van der Waals surface area (Å²) < 4.78 is 22.2. The normalized spacial score (nSPS) is 14.0. The number of hydrazone groups is 1. The Morgan fingerprint density at radius 1 is 0.867 bits per heavy atom. The highest BCUT2D eigenvalue weighted by Crippen LogP contribution is 2.31. The topological polar surface area (TPSA) is 183 Å². The lowest BCUT2D eigenvalue weighted by atomic mass is 9.90. The van der Waals surface area contributed by atoms with Gasteiger partial charge in [-0.1, -0.05) is 34.6 Å². The molecule has 0 aromatic rings. The number of hydrogen-bond donors (Lipinski definition) is 4. The molecular weight excluding hydrogens is 582 g/mol. The number of rotatable bonds is 22. The average Bonchev–Trinajstić information content (AvgIpc) is 3.04. The minimum absolute atomic E-state index is 0.0343. The zero-order chi connectivity index (χ0) is 34.5. The number of hydrogen-bond acceptors (Lipinski definition) is 11. The highest BCUT2D eigenvalue weighted by molar-refractivity contribution is 5.91. The number of esters is 1. The van der Waals surface area contributed by atoms with Gasteiger partial charge < -0.3 is 24.1 Å². The van der Waals surface area contributed by atoms with E-state index in [4.69, 9.17) is 24.8 Å². The molecule has 0 aromatic heterocycles. The first-order chi connectivity index (χ1) is 21.6. The van der Waals surface area contributed by atoms with Crippen LogP contribution in [0.1, 0.15) is 113 Å². The van der Waals surface area contributed by atoms with Gasteiger partial charge in [0.05, 0.1) is 31.8 Å². The smallest absolute Gasteiger partial charge is 0.306 e. The van der Waals surface area contributed by atoms with Gasteiger partial charge in [-0.3, -0.25) is 24.8 Å². The molecule has 1 atom stereocenters. The van der Waals surface area contributed by atoms with E-state index >= 15 is 0 Å². The number of hydrazine groups is 1. The molecule has 0 bridgehead atoms. The van der Waals surface area contributed by atoms with Crippen LogP contribution in [0.15, 0.2) is 21.4 Å². The lowest BCUT2D eigenvalue weighted by Gasteiger charge is -2.23. The zero-order valence-corrected chi connectivity index (χ0v) is 29.1. The molecule has 1 aliphatic rings. The Bertz CT molecular complexity index is 917. The van der Waals surface area contributed by atoms with Crippen molar-refractivity contribution in [1.29, 1.82) is 0 Å². The zero-order valence-electron chi connectivity index (χ0n) is 29.1. The van der Waals surface area contributed by atoms with Crippen molar-refractivity contribution in [2.75, 3.05) is 46.7 Å². The van der Waals surface area contributed by atoms with E-state index in [1.54, 1.807) is 20.9 Å². The van der Waals surface area contributed by atoms with Crippen LogP contribution in [0.5, 0.6) is 0 Å². The maximum absolute atomic E-state index is 12.2. The molecule has 13 heteroatoms. The van der Waals surface area contributed by atoms with E-state index in [0.717, 1.165) is 37.2 Å². The van der Waals surface area contributed by atoms with Crippen LogP contribution < -0.4 is 16.7 Å². The van der Waals surface area contributed by atoms with E-state index in [1.807, 2.05) is 40.0 Å². The molecule has 262 valence electrons. The molecule has 0 radical (unpaired) electrons. The van der Waals surface area contributed by atoms with Gasteiger partial charge in [0, 0.05) is 38.1 Å². The Hall–Kier alpha value is -2.87. The maximum atomic E-state index is 12.2. The molecular formula is C32H61N5O8. The number of allylic oxidation sites excluding steroid dienone is 2. The van der Waals surface area contributed by atoms with Gasteiger partial charge in [-0.25, -0.2) is 11.3 Å². The van der Waals surface area contributed by atoms with Crippen molar-refractivity contribution in [2.24, 2.45) is 15.9 Å². The number of carbonyl (C=O) groups is 3. The molecule has 1 saturated carbocycles. The fourth-order valence-electron chi connectivity index (χ4n) is 3.67. The van der Waals surface area contributed by atoms with Crippen molar-refractivity contribution in [3.05, 3.63) is 11.3 Å². The number of aliphatic hydroxyl groups is 1. The van der Waals surface area contributed by atoms with Gasteiger partial charge in [0.1, 0.15) is 13.2 Å². The minimum atomic E-state index is -1.88. The second-order valence-electron chi connectivity index (χ2n) is 9.90. The molecule has 1 unspecified atom stereocenters. The lowest BCUT2D eigenvalue weighted by molar-refractivity contribution is -0.145. The summed E-state index contributed by atoms with van der Waals surface area (Å²) in [6.45, 7) is 15.8. The summed E-state index contributed by atoms with van der Waals surface area (Å²) in [6.07, 6.45) is 5.65. The minimum Gasteiger partial charge on any atom is -0.496 e. The fraction of sp³-hybridized carbons (Fsp3) is 0.781. The first-order valence-electron chi connectivity index (χ1n) is 16.3. The average molecular weight is 644 g/mol. The number of carbonyl (C=O) groups excluding carboxylic acids is 3. The fourth-order valence-corrected chi connectivity index (χ4v) is 3.67. The second kappa shape index (κ2) is 28.6. The summed E-state index contributed by atoms with van der Waals surface area (Å²) in [4.78, 5) is 39.5. The summed E-state index contributed by atoms with van der Waals surface area (Å²) in [5.74, 6) is 4.38. The van der Waals surface area contributed by atoms with Gasteiger partial charge in [-0.2, -0.15) is 5.10 Å². The van der Waals surface area contributed by atoms with Crippen LogP contribution in [0.25, 0.3) is 0 Å². The molecule has 0 saturated heterocycles. The first kappa shape index (κ1) is 44.3. The van der Waals surface area contributed by atoms with Gasteiger partial charge in [0.25, 0.3) is 5.91 Å². The molecule has 0 aliphatic heterocycles. The number of amides is 2. The number of nitrogens with two attached hydrogens (primary N) is 1. The number of aliphatic imine (C=N–C) groups is 1. The Labute approximate surface area is 270 Å². The summed E-state index contributed by atoms with van der Waals surface area (Å²) in [5, 5.41) is 14.4. The predicted octanol–water partition coefficient (Wildman–Crippen LogP) is 4.12. The third-order valence-corrected chi connectivity index (χ3v) is 6.67. The van der Waals surface area contributed by atoms with Crippen molar-refractivity contribution in [3.8, 4) is 0 Å². The second-order valence-corrected chi connectivity index (χ2v) is 9.90. The van der Waals surface area contributed by atoms with E-state index < -0.39 is 23.8 Å². The Kier molecular flexibility index (Phi) is 28.1. The van der Waals surface area contributed by atoms with Crippen LogP contribution in [0, 0.1) is 0 Å². The summed E-state index contributed by atoms with van der Waals surface area (Å²) in [5.41, 5.74) is 5.29. The molecule has 5 N–H and O–H groups in total. The Morgan fingerprint density at radius 2 is 1.44 bits per heavy atom. The van der Waals surface area contributed by atoms with Gasteiger partial charge in [-0.15, -0.1) is 0 Å². The van der Waals surface area contributed by atoms with Crippen molar-refractivity contribution < 1.29 is 38.4 Å². The van der Waals surface area contributed by atoms with Crippen LogP contribution >= 0.6 is 0 Å². The van der Waals surface area contributed by atoms with E-state index in [1.165, 1.54) is 5.57 Å². The molecule has 0 spiro atoms. The van der Waals surface area contributed by atoms with E-state index in [-0.39, 0.29) is 19.0 Å². The standard InChI is InChI=1S/C28H49N5O8.2C2H6/c1-5-28(37,27(36)31-29)20-25(34)33-32-22(3)10-12-24(23-8-6-9-23)40-18-16-38-14-7-15-39-17-19-41-26(35)13-11-21(2)30-4;2*1-2/h37H,5-20,29H2,1-4H3,(H,31,36)(H,33,34);2*1-2H3/b30-21?,32-22+;;. The number of nitrogens with one attached hydrogen (secondary N) is 2. The molecule has 2 amide bonds. The maximum Gasteiger partial charge on any atom is 0.306 e. The van der Waals surface area contributed by atoms with Crippen LogP contribution in [0.3, 0.4) is 0 Å². The summed E-state index contributed by atoms with van der Waals surface area (Å²) in [6, 6.07) is 0. The van der Waals surface area contributed by atoms with E-state index in [2.05, 4.69) is 15.5 Å². The SMILES string of the molecule is CC.CC.CCC(O)(CC(=O)N/N=C(\C)CCC(OCCOCCCOCCOC(=O)CCC(C)=NC)=C1CCC1)C(=O)NN. The van der Waals surface area contributed by atoms with Crippen molar-refractivity contribution >= 4 is 29.2 Å². The molecule has 1 aliphatic carbocycles. The lowest BCUT2D eigenvalue weighted by Crippen LogP contribution is -2.51. The summed E-state index contributed by atoms with van der Waals surface area (Å²) >= 11 is 0. The molecule has 45 heavy (non-hydrogen) atoms. The van der Waals surface area contributed by atoms with Crippen molar-refractivity contribution in [2.45, 2.75) is 118 Å². The van der Waals surface area contributed by atoms with E-state index in [9.17, 15) is 19.5 Å². The van der Waals surface area contributed by atoms with Gasteiger partial charge >= 0.3 is 5.97 Å². The quantitative estimate of drug-likeness (QED) is 0.0256. The Balaban J connectivity index is 0. The third kappa shape index (κ3) is 21.5. The van der Waals surface area contributed by atoms with Gasteiger partial charge in [0.15, 0.2) is 5.60 Å². The van der Waals surface area contributed by atoms with Crippen LogP contribution in [-0.4, -0.2) is 86.6 Å². The van der Waals surface area contributed by atoms with Crippen molar-refractivity contribution in [3.63, 3.8) is 0 Å². The molecule has 0 aromatic carbocycles. The summed E-state index contributed by atoms with van der Waals surface area (Å²) in [7, 11) is 1.70. The Morgan fingerprint density at radius 3 is 1.96 bits per heavy atom. The predicted molar refractivity (Wildman–Crippen MR) is 178 cm³/mol. The molecule has 13 nitrogen and oxygen atoms in total. The van der Waals surface area contributed by atoms with Crippen LogP contribution in [0.4, 0.5) is 0 Å². The first-order valence-corrected chi connectivity index (χ1v) is 16.3. The highest BCUT2D eigenvalue weighted by Gasteiger charge is 2.36. The van der Waals surface area contributed by atoms with Crippen molar-refractivity contribution in [1.82, 2.24) is 10.9 Å². The molecule has 0 heterocycles. The van der Waals surface area contributed by atoms with Gasteiger partial charge in [-0.05, 0) is 64.4 Å².